The van der Waals surface area contributed by atoms with Gasteiger partial charge in [0.1, 0.15) is 0 Å². The topological polar surface area (TPSA) is 68.1 Å². The summed E-state index contributed by atoms with van der Waals surface area (Å²) in [7, 11) is 0. The number of nitro groups is 1. The lowest BCUT2D eigenvalue weighted by Gasteiger charge is -2.04. The largest absolute Gasteiger partial charge is 0.331 e. The van der Waals surface area contributed by atoms with Crippen LogP contribution in [0.2, 0.25) is 5.02 Å². The van der Waals surface area contributed by atoms with Crippen molar-refractivity contribution in [1.82, 2.24) is 4.98 Å². The zero-order valence-corrected chi connectivity index (χ0v) is 13.7. The van der Waals surface area contributed by atoms with Gasteiger partial charge in [0.15, 0.2) is 5.13 Å². The van der Waals surface area contributed by atoms with E-state index < -0.39 is 4.92 Å². The maximum atomic E-state index is 10.7. The van der Waals surface area contributed by atoms with Gasteiger partial charge in [-0.1, -0.05) is 17.7 Å². The number of aryl methyl sites for hydroxylation is 1. The van der Waals surface area contributed by atoms with Crippen LogP contribution in [0.5, 0.6) is 0 Å². The van der Waals surface area contributed by atoms with Gasteiger partial charge in [0.2, 0.25) is 0 Å². The van der Waals surface area contributed by atoms with Gasteiger partial charge in [-0.2, -0.15) is 0 Å². The summed E-state index contributed by atoms with van der Waals surface area (Å²) in [6.07, 6.45) is 0. The summed E-state index contributed by atoms with van der Waals surface area (Å²) in [6, 6.07) is 12.1. The highest BCUT2D eigenvalue weighted by atomic mass is 35.5. The van der Waals surface area contributed by atoms with E-state index in [4.69, 9.17) is 11.6 Å². The molecule has 0 spiro atoms. The number of hydrogen-bond donors (Lipinski definition) is 1. The predicted octanol–water partition coefficient (Wildman–Crippen LogP) is 5.42. The molecule has 116 valence electrons. The molecule has 0 radical (unpaired) electrons. The molecular formula is C16H12ClN3O2S. The number of thiazole rings is 1. The van der Waals surface area contributed by atoms with Gasteiger partial charge in [-0.3, -0.25) is 10.1 Å². The molecule has 0 bridgehead atoms. The number of non-ortho nitro benzene ring substituents is 1. The van der Waals surface area contributed by atoms with Crippen molar-refractivity contribution in [1.29, 1.82) is 0 Å². The van der Waals surface area contributed by atoms with Gasteiger partial charge in [-0.05, 0) is 36.8 Å². The molecule has 2 aromatic carbocycles. The second-order valence-corrected chi connectivity index (χ2v) is 6.20. The molecule has 0 aliphatic heterocycles. The van der Waals surface area contributed by atoms with E-state index in [1.54, 1.807) is 12.1 Å². The molecular weight excluding hydrogens is 334 g/mol. The first-order valence-electron chi connectivity index (χ1n) is 6.76. The SMILES string of the molecule is Cc1ccc(Nc2nc(-c3ccc([N+](=O)[O-])cc3)cs2)cc1Cl. The van der Waals surface area contributed by atoms with Crippen LogP contribution in [0.1, 0.15) is 5.56 Å². The Balaban J connectivity index is 1.79. The van der Waals surface area contributed by atoms with Crippen LogP contribution in [0.15, 0.2) is 47.8 Å². The van der Waals surface area contributed by atoms with Crippen molar-refractivity contribution >= 4 is 39.4 Å². The highest BCUT2D eigenvalue weighted by Gasteiger charge is 2.08. The van der Waals surface area contributed by atoms with Crippen LogP contribution in [-0.2, 0) is 0 Å². The van der Waals surface area contributed by atoms with Crippen molar-refractivity contribution in [2.75, 3.05) is 5.32 Å². The molecule has 1 aromatic heterocycles. The standard InChI is InChI=1S/C16H12ClN3O2S/c1-10-2-5-12(8-14(10)17)18-16-19-15(9-23-16)11-3-6-13(7-4-11)20(21)22/h2-9H,1H3,(H,18,19). The molecule has 0 unspecified atom stereocenters. The number of benzene rings is 2. The lowest BCUT2D eigenvalue weighted by molar-refractivity contribution is -0.384. The maximum Gasteiger partial charge on any atom is 0.269 e. The molecule has 23 heavy (non-hydrogen) atoms. The third-order valence-corrected chi connectivity index (χ3v) is 4.47. The van der Waals surface area contributed by atoms with Crippen LogP contribution in [0.25, 0.3) is 11.3 Å². The fourth-order valence-electron chi connectivity index (χ4n) is 2.01. The molecule has 0 atom stereocenters. The third-order valence-electron chi connectivity index (χ3n) is 3.30. The summed E-state index contributed by atoms with van der Waals surface area (Å²) in [6.45, 7) is 1.95. The van der Waals surface area contributed by atoms with Crippen LogP contribution in [0.4, 0.5) is 16.5 Å². The number of hydrogen-bond acceptors (Lipinski definition) is 5. The predicted molar refractivity (Wildman–Crippen MR) is 93.7 cm³/mol. The molecule has 3 rings (SSSR count). The minimum atomic E-state index is -0.418. The second kappa shape index (κ2) is 6.36. The van der Waals surface area contributed by atoms with E-state index >= 15 is 0 Å². The quantitative estimate of drug-likeness (QED) is 0.506. The number of nitrogens with zero attached hydrogens (tertiary/aromatic N) is 2. The number of nitrogens with one attached hydrogen (secondary N) is 1. The monoisotopic (exact) mass is 345 g/mol. The van der Waals surface area contributed by atoms with Crippen molar-refractivity contribution in [3.63, 3.8) is 0 Å². The Morgan fingerprint density at radius 3 is 2.61 bits per heavy atom. The van der Waals surface area contributed by atoms with Crippen LogP contribution < -0.4 is 5.32 Å². The zero-order valence-electron chi connectivity index (χ0n) is 12.1. The second-order valence-electron chi connectivity index (χ2n) is 4.93. The van der Waals surface area contributed by atoms with E-state index in [0.717, 1.165) is 27.6 Å². The van der Waals surface area contributed by atoms with Crippen LogP contribution in [0, 0.1) is 17.0 Å². The van der Waals surface area contributed by atoms with E-state index in [1.807, 2.05) is 30.5 Å². The van der Waals surface area contributed by atoms with E-state index in [-0.39, 0.29) is 5.69 Å². The van der Waals surface area contributed by atoms with Gasteiger partial charge < -0.3 is 5.32 Å². The Hall–Kier alpha value is -2.44. The number of rotatable bonds is 4. The van der Waals surface area contributed by atoms with Crippen molar-refractivity contribution in [2.45, 2.75) is 6.92 Å². The molecule has 0 aliphatic rings. The van der Waals surface area contributed by atoms with Crippen LogP contribution in [0.3, 0.4) is 0 Å². The van der Waals surface area contributed by atoms with Gasteiger partial charge in [0.05, 0.1) is 10.6 Å². The molecule has 0 saturated carbocycles. The van der Waals surface area contributed by atoms with Crippen molar-refractivity contribution in [2.24, 2.45) is 0 Å². The Labute approximate surface area is 141 Å². The molecule has 0 aliphatic carbocycles. The fraction of sp³-hybridized carbons (Fsp3) is 0.0625. The minimum absolute atomic E-state index is 0.0663. The highest BCUT2D eigenvalue weighted by molar-refractivity contribution is 7.14. The van der Waals surface area contributed by atoms with Gasteiger partial charge in [0, 0.05) is 33.8 Å². The lowest BCUT2D eigenvalue weighted by atomic mass is 10.1. The van der Waals surface area contributed by atoms with Gasteiger partial charge in [-0.15, -0.1) is 11.3 Å². The van der Waals surface area contributed by atoms with Gasteiger partial charge in [-0.25, -0.2) is 4.98 Å². The molecule has 0 fully saturated rings. The van der Waals surface area contributed by atoms with Crippen molar-refractivity contribution in [3.05, 3.63) is 68.5 Å². The molecule has 5 nitrogen and oxygen atoms in total. The first-order valence-corrected chi connectivity index (χ1v) is 8.02. The van der Waals surface area contributed by atoms with Gasteiger partial charge >= 0.3 is 0 Å². The Bertz CT molecular complexity index is 862. The molecule has 0 saturated heterocycles. The van der Waals surface area contributed by atoms with Crippen LogP contribution in [-0.4, -0.2) is 9.91 Å². The summed E-state index contributed by atoms with van der Waals surface area (Å²) in [5, 5.41) is 17.2. The highest BCUT2D eigenvalue weighted by Crippen LogP contribution is 2.29. The normalized spacial score (nSPS) is 10.5. The van der Waals surface area contributed by atoms with E-state index in [2.05, 4.69) is 10.3 Å². The average molecular weight is 346 g/mol. The summed E-state index contributed by atoms with van der Waals surface area (Å²) in [4.78, 5) is 14.8. The molecule has 7 heteroatoms. The summed E-state index contributed by atoms with van der Waals surface area (Å²) >= 11 is 7.57. The Kier molecular flexibility index (Phi) is 4.27. The lowest BCUT2D eigenvalue weighted by Crippen LogP contribution is -1.90. The van der Waals surface area contributed by atoms with E-state index in [9.17, 15) is 10.1 Å². The number of anilines is 2. The van der Waals surface area contributed by atoms with Gasteiger partial charge in [0.25, 0.3) is 5.69 Å². The fourth-order valence-corrected chi connectivity index (χ4v) is 2.93. The first kappa shape index (κ1) is 15.5. The molecule has 0 amide bonds. The van der Waals surface area contributed by atoms with E-state index in [0.29, 0.717) is 5.02 Å². The summed E-state index contributed by atoms with van der Waals surface area (Å²) in [5.74, 6) is 0. The van der Waals surface area contributed by atoms with Crippen molar-refractivity contribution in [3.8, 4) is 11.3 Å². The maximum absolute atomic E-state index is 10.7. The van der Waals surface area contributed by atoms with Crippen LogP contribution >= 0.6 is 22.9 Å². The number of nitro benzene ring substituents is 1. The molecule has 1 heterocycles. The molecule has 3 aromatic rings. The Morgan fingerprint density at radius 1 is 1.22 bits per heavy atom. The minimum Gasteiger partial charge on any atom is -0.331 e. The smallest absolute Gasteiger partial charge is 0.269 e. The number of halogens is 1. The average Bonchev–Trinajstić information content (AvgIpc) is 2.99. The van der Waals surface area contributed by atoms with E-state index in [1.165, 1.54) is 23.5 Å². The summed E-state index contributed by atoms with van der Waals surface area (Å²) < 4.78 is 0. The first-order chi connectivity index (χ1) is 11.0. The molecule has 1 N–H and O–H groups in total. The Morgan fingerprint density at radius 2 is 1.96 bits per heavy atom. The number of aromatic nitrogens is 1. The zero-order chi connectivity index (χ0) is 16.4. The van der Waals surface area contributed by atoms with Crippen molar-refractivity contribution < 1.29 is 4.92 Å². The summed E-state index contributed by atoms with van der Waals surface area (Å²) in [5.41, 5.74) is 3.55. The third kappa shape index (κ3) is 3.49.